The van der Waals surface area contributed by atoms with Crippen LogP contribution in [0.4, 0.5) is 0 Å². The Kier molecular flexibility index (Phi) is 3.90. The summed E-state index contributed by atoms with van der Waals surface area (Å²) in [7, 11) is 0. The number of H-pyrrole nitrogens is 1. The Bertz CT molecular complexity index is 499. The predicted octanol–water partition coefficient (Wildman–Crippen LogP) is 0.700. The van der Waals surface area contributed by atoms with Crippen molar-refractivity contribution >= 4 is 11.9 Å². The van der Waals surface area contributed by atoms with E-state index in [9.17, 15) is 14.4 Å². The number of nitrogens with zero attached hydrogens (tertiary/aromatic N) is 1. The number of amides is 1. The molecule has 0 unspecified atom stereocenters. The summed E-state index contributed by atoms with van der Waals surface area (Å²) in [4.78, 5) is 37.9. The topological polar surface area (TPSA) is 90.5 Å². The predicted molar refractivity (Wildman–Crippen MR) is 65.5 cm³/mol. The fraction of sp³-hybridized carbons (Fsp3) is 0.417. The number of nitrogens with one attached hydrogen (secondary N) is 1. The number of carboxylic acid groups (broad SMARTS) is 1. The summed E-state index contributed by atoms with van der Waals surface area (Å²) >= 11 is 0. The second-order valence-electron chi connectivity index (χ2n) is 4.36. The minimum Gasteiger partial charge on any atom is -0.480 e. The van der Waals surface area contributed by atoms with Gasteiger partial charge in [-0.3, -0.25) is 9.59 Å². The summed E-state index contributed by atoms with van der Waals surface area (Å²) in [6.07, 6.45) is 1.28. The van der Waals surface area contributed by atoms with E-state index >= 15 is 0 Å². The normalized spacial score (nSPS) is 11.1. The lowest BCUT2D eigenvalue weighted by atomic mass is 10.0. The van der Waals surface area contributed by atoms with E-state index in [1.54, 1.807) is 6.92 Å². The molecule has 6 nitrogen and oxygen atoms in total. The van der Waals surface area contributed by atoms with Gasteiger partial charge in [0.1, 0.15) is 5.54 Å². The maximum Gasteiger partial charge on any atom is 0.329 e. The van der Waals surface area contributed by atoms with Crippen LogP contribution in [0.25, 0.3) is 0 Å². The standard InChI is InChI=1S/C12H16N2O4/c1-4-14(12(2,3)11(17)18)10(16)8-5-6-9(15)13-7-8/h5-7H,4H2,1-3H3,(H,13,15)(H,17,18). The first-order chi connectivity index (χ1) is 8.30. The second kappa shape index (κ2) is 5.03. The molecule has 0 radical (unpaired) electrons. The van der Waals surface area contributed by atoms with E-state index in [1.165, 1.54) is 37.1 Å². The summed E-state index contributed by atoms with van der Waals surface area (Å²) in [5.41, 5.74) is -1.36. The van der Waals surface area contributed by atoms with Gasteiger partial charge >= 0.3 is 5.97 Å². The van der Waals surface area contributed by atoms with Gasteiger partial charge in [-0.2, -0.15) is 0 Å². The van der Waals surface area contributed by atoms with Crippen molar-refractivity contribution in [2.75, 3.05) is 6.54 Å². The highest BCUT2D eigenvalue weighted by atomic mass is 16.4. The van der Waals surface area contributed by atoms with Crippen molar-refractivity contribution in [3.8, 4) is 0 Å². The summed E-state index contributed by atoms with van der Waals surface area (Å²) in [5.74, 6) is -1.51. The molecule has 0 spiro atoms. The second-order valence-corrected chi connectivity index (χ2v) is 4.36. The molecule has 0 aliphatic carbocycles. The number of carboxylic acids is 1. The molecule has 18 heavy (non-hydrogen) atoms. The molecule has 0 aromatic carbocycles. The molecular weight excluding hydrogens is 236 g/mol. The van der Waals surface area contributed by atoms with Crippen LogP contribution in [0.3, 0.4) is 0 Å². The lowest BCUT2D eigenvalue weighted by Gasteiger charge is -2.34. The molecule has 0 bridgehead atoms. The van der Waals surface area contributed by atoms with Crippen LogP contribution >= 0.6 is 0 Å². The van der Waals surface area contributed by atoms with Gasteiger partial charge in [0.25, 0.3) is 5.91 Å². The Morgan fingerprint density at radius 1 is 1.39 bits per heavy atom. The number of pyridine rings is 1. The molecule has 1 aromatic rings. The van der Waals surface area contributed by atoms with Crippen LogP contribution in [-0.2, 0) is 4.79 Å². The highest BCUT2D eigenvalue weighted by Crippen LogP contribution is 2.17. The van der Waals surface area contributed by atoms with Crippen LogP contribution < -0.4 is 5.56 Å². The fourth-order valence-electron chi connectivity index (χ4n) is 1.61. The molecule has 1 aromatic heterocycles. The van der Waals surface area contributed by atoms with Gasteiger partial charge in [0.05, 0.1) is 5.56 Å². The highest BCUT2D eigenvalue weighted by Gasteiger charge is 2.37. The van der Waals surface area contributed by atoms with Crippen molar-refractivity contribution in [3.63, 3.8) is 0 Å². The molecule has 6 heteroatoms. The van der Waals surface area contributed by atoms with Crippen molar-refractivity contribution in [2.24, 2.45) is 0 Å². The molecule has 1 rings (SSSR count). The molecule has 0 aliphatic rings. The Balaban J connectivity index is 3.10. The molecule has 0 saturated heterocycles. The number of hydrogen-bond acceptors (Lipinski definition) is 3. The summed E-state index contributed by atoms with van der Waals surface area (Å²) in [6.45, 7) is 4.89. The quantitative estimate of drug-likeness (QED) is 0.825. The first kappa shape index (κ1) is 14.0. The lowest BCUT2D eigenvalue weighted by molar-refractivity contribution is -0.147. The van der Waals surface area contributed by atoms with E-state index in [-0.39, 0.29) is 17.7 Å². The summed E-state index contributed by atoms with van der Waals surface area (Å²) < 4.78 is 0. The van der Waals surface area contributed by atoms with E-state index in [1.807, 2.05) is 0 Å². The van der Waals surface area contributed by atoms with E-state index < -0.39 is 17.4 Å². The molecule has 0 atom stereocenters. The van der Waals surface area contributed by atoms with Crippen LogP contribution in [0.1, 0.15) is 31.1 Å². The number of aromatic nitrogens is 1. The smallest absolute Gasteiger partial charge is 0.329 e. The van der Waals surface area contributed by atoms with Crippen LogP contribution in [-0.4, -0.2) is 39.0 Å². The van der Waals surface area contributed by atoms with Gasteiger partial charge in [-0.25, -0.2) is 4.79 Å². The number of likely N-dealkylation sites (N-methyl/N-ethyl adjacent to an activating group) is 1. The Hall–Kier alpha value is -2.11. The van der Waals surface area contributed by atoms with Crippen LogP contribution in [0.2, 0.25) is 0 Å². The number of aromatic amines is 1. The zero-order chi connectivity index (χ0) is 13.9. The molecule has 1 heterocycles. The van der Waals surface area contributed by atoms with Crippen LogP contribution in [0.15, 0.2) is 23.1 Å². The van der Waals surface area contributed by atoms with Gasteiger partial charge in [0, 0.05) is 18.8 Å². The monoisotopic (exact) mass is 252 g/mol. The third-order valence-electron chi connectivity index (χ3n) is 2.79. The van der Waals surface area contributed by atoms with Gasteiger partial charge in [-0.1, -0.05) is 0 Å². The van der Waals surface area contributed by atoms with E-state index in [0.29, 0.717) is 0 Å². The molecule has 0 fully saturated rings. The molecule has 98 valence electrons. The maximum absolute atomic E-state index is 12.2. The number of rotatable bonds is 4. The van der Waals surface area contributed by atoms with Crippen molar-refractivity contribution in [1.82, 2.24) is 9.88 Å². The van der Waals surface area contributed by atoms with Gasteiger partial charge in [0.2, 0.25) is 5.56 Å². The minimum atomic E-state index is -1.30. The minimum absolute atomic E-state index is 0.255. The van der Waals surface area contributed by atoms with Crippen molar-refractivity contribution < 1.29 is 14.7 Å². The SMILES string of the molecule is CCN(C(=O)c1ccc(=O)[nH]c1)C(C)(C)C(=O)O. The largest absolute Gasteiger partial charge is 0.480 e. The number of carbonyl (C=O) groups is 2. The Morgan fingerprint density at radius 3 is 2.39 bits per heavy atom. The lowest BCUT2D eigenvalue weighted by Crippen LogP contribution is -2.52. The van der Waals surface area contributed by atoms with Crippen LogP contribution in [0, 0.1) is 0 Å². The molecule has 0 saturated carbocycles. The summed E-state index contributed by atoms with van der Waals surface area (Å²) in [5, 5.41) is 9.13. The van der Waals surface area contributed by atoms with Crippen molar-refractivity contribution in [2.45, 2.75) is 26.3 Å². The average molecular weight is 252 g/mol. The third-order valence-corrected chi connectivity index (χ3v) is 2.79. The Labute approximate surface area is 104 Å². The first-order valence-corrected chi connectivity index (χ1v) is 5.54. The van der Waals surface area contributed by atoms with Gasteiger partial charge in [-0.15, -0.1) is 0 Å². The number of carbonyl (C=O) groups excluding carboxylic acids is 1. The Morgan fingerprint density at radius 2 is 2.00 bits per heavy atom. The average Bonchev–Trinajstić information content (AvgIpc) is 2.30. The summed E-state index contributed by atoms with van der Waals surface area (Å²) in [6, 6.07) is 2.61. The molecule has 1 amide bonds. The van der Waals surface area contributed by atoms with Gasteiger partial charge in [0.15, 0.2) is 0 Å². The third kappa shape index (κ3) is 2.58. The van der Waals surface area contributed by atoms with Gasteiger partial charge in [-0.05, 0) is 26.8 Å². The number of hydrogen-bond donors (Lipinski definition) is 2. The molecule has 0 aliphatic heterocycles. The van der Waals surface area contributed by atoms with Crippen molar-refractivity contribution in [1.29, 1.82) is 0 Å². The fourth-order valence-corrected chi connectivity index (χ4v) is 1.61. The van der Waals surface area contributed by atoms with Gasteiger partial charge < -0.3 is 15.0 Å². The molecular formula is C12H16N2O4. The van der Waals surface area contributed by atoms with E-state index in [4.69, 9.17) is 5.11 Å². The van der Waals surface area contributed by atoms with Crippen molar-refractivity contribution in [3.05, 3.63) is 34.2 Å². The molecule has 2 N–H and O–H groups in total. The van der Waals surface area contributed by atoms with Crippen LogP contribution in [0.5, 0.6) is 0 Å². The first-order valence-electron chi connectivity index (χ1n) is 5.54. The zero-order valence-electron chi connectivity index (χ0n) is 10.6. The maximum atomic E-state index is 12.2. The zero-order valence-corrected chi connectivity index (χ0v) is 10.6. The van der Waals surface area contributed by atoms with E-state index in [0.717, 1.165) is 0 Å². The number of aliphatic carboxylic acids is 1. The van der Waals surface area contributed by atoms with E-state index in [2.05, 4.69) is 4.98 Å². The highest BCUT2D eigenvalue weighted by molar-refractivity contribution is 5.97.